The minimum absolute atomic E-state index is 0.162. The quantitative estimate of drug-likeness (QED) is 0.440. The Kier molecular flexibility index (Phi) is 6.26. The van der Waals surface area contributed by atoms with E-state index in [0.717, 1.165) is 34.5 Å². The van der Waals surface area contributed by atoms with Gasteiger partial charge in [-0.2, -0.15) is 18.3 Å². The first kappa shape index (κ1) is 22.9. The molecule has 1 aromatic carbocycles. The molecule has 11 heteroatoms. The van der Waals surface area contributed by atoms with Crippen LogP contribution >= 0.6 is 0 Å². The summed E-state index contributed by atoms with van der Waals surface area (Å²) in [6.45, 7) is 2.19. The highest BCUT2D eigenvalue weighted by Gasteiger charge is 2.32. The van der Waals surface area contributed by atoms with E-state index in [2.05, 4.69) is 30.7 Å². The molecule has 3 heterocycles. The highest BCUT2D eigenvalue weighted by atomic mass is 19.4. The van der Waals surface area contributed by atoms with Gasteiger partial charge in [0.15, 0.2) is 0 Å². The lowest BCUT2D eigenvalue weighted by Crippen LogP contribution is -2.23. The molecule has 2 N–H and O–H groups in total. The van der Waals surface area contributed by atoms with Gasteiger partial charge in [0.1, 0.15) is 11.4 Å². The number of anilines is 2. The lowest BCUT2D eigenvalue weighted by atomic mass is 10.0. The van der Waals surface area contributed by atoms with Crippen LogP contribution in [0.15, 0.2) is 61.2 Å². The molecule has 0 radical (unpaired) electrons. The monoisotopic (exact) mass is 467 g/mol. The van der Waals surface area contributed by atoms with Crippen LogP contribution in [0.2, 0.25) is 0 Å². The van der Waals surface area contributed by atoms with Crippen molar-refractivity contribution < 1.29 is 18.0 Å². The Labute approximate surface area is 192 Å². The Morgan fingerprint density at radius 3 is 2.56 bits per heavy atom. The molecular formula is C23H20F3N7O. The number of nitrogens with zero attached hydrogens (tertiary/aromatic N) is 5. The van der Waals surface area contributed by atoms with Crippen molar-refractivity contribution in [3.8, 4) is 11.1 Å². The third-order valence-corrected chi connectivity index (χ3v) is 4.82. The number of alkyl halides is 3. The zero-order valence-corrected chi connectivity index (χ0v) is 18.3. The van der Waals surface area contributed by atoms with E-state index in [1.165, 1.54) is 0 Å². The standard InChI is InChI=1S/C23H20F3N7O/c1-14-7-17(9-18(8-14)31-22-27-6-5-20(32-22)23(24,25)26)16-3-4-19(28-12-16)21(34)29-10-15-11-30-33(2)13-15/h3-9,11-13H,10H2,1-2H3,(H,29,34)(H,27,31,32). The fraction of sp³-hybridized carbons (Fsp3) is 0.174. The number of rotatable bonds is 6. The molecule has 0 saturated carbocycles. The maximum Gasteiger partial charge on any atom is 0.433 e. The van der Waals surface area contributed by atoms with Gasteiger partial charge in [0.25, 0.3) is 5.91 Å². The number of aryl methyl sites for hydroxylation is 2. The largest absolute Gasteiger partial charge is 0.433 e. The van der Waals surface area contributed by atoms with Crippen molar-refractivity contribution in [2.45, 2.75) is 19.6 Å². The predicted octanol–water partition coefficient (Wildman–Crippen LogP) is 4.27. The molecule has 0 fully saturated rings. The number of carbonyl (C=O) groups excluding carboxylic acids is 1. The topological polar surface area (TPSA) is 97.6 Å². The minimum Gasteiger partial charge on any atom is -0.347 e. The number of aromatic nitrogens is 5. The van der Waals surface area contributed by atoms with Gasteiger partial charge in [-0.3, -0.25) is 14.5 Å². The number of carbonyl (C=O) groups is 1. The molecule has 0 unspecified atom stereocenters. The number of halogens is 3. The van der Waals surface area contributed by atoms with Crippen molar-refractivity contribution in [2.24, 2.45) is 7.05 Å². The summed E-state index contributed by atoms with van der Waals surface area (Å²) in [7, 11) is 1.80. The Bertz CT molecular complexity index is 1320. The van der Waals surface area contributed by atoms with E-state index in [-0.39, 0.29) is 17.5 Å². The molecule has 8 nitrogen and oxygen atoms in total. The van der Waals surface area contributed by atoms with Gasteiger partial charge in [-0.15, -0.1) is 0 Å². The molecule has 0 spiro atoms. The average Bonchev–Trinajstić information content (AvgIpc) is 3.22. The SMILES string of the molecule is Cc1cc(Nc2nccc(C(F)(F)F)n2)cc(-c2ccc(C(=O)NCc3cnn(C)c3)nc2)c1. The van der Waals surface area contributed by atoms with Gasteiger partial charge in [0.05, 0.1) is 6.20 Å². The van der Waals surface area contributed by atoms with Crippen molar-refractivity contribution >= 4 is 17.5 Å². The van der Waals surface area contributed by atoms with Crippen molar-refractivity contribution in [1.29, 1.82) is 0 Å². The summed E-state index contributed by atoms with van der Waals surface area (Å²) in [6.07, 6.45) is 1.54. The van der Waals surface area contributed by atoms with Gasteiger partial charge in [-0.1, -0.05) is 12.1 Å². The van der Waals surface area contributed by atoms with Crippen LogP contribution in [0, 0.1) is 6.92 Å². The van der Waals surface area contributed by atoms with Crippen LogP contribution in [0.5, 0.6) is 0 Å². The first-order valence-electron chi connectivity index (χ1n) is 10.2. The first-order chi connectivity index (χ1) is 16.2. The van der Waals surface area contributed by atoms with E-state index in [1.807, 2.05) is 19.2 Å². The number of pyridine rings is 1. The molecule has 0 atom stereocenters. The Morgan fingerprint density at radius 2 is 1.88 bits per heavy atom. The zero-order chi connectivity index (χ0) is 24.3. The summed E-state index contributed by atoms with van der Waals surface area (Å²) in [6, 6.07) is 9.59. The van der Waals surface area contributed by atoms with E-state index in [4.69, 9.17) is 0 Å². The summed E-state index contributed by atoms with van der Waals surface area (Å²) in [4.78, 5) is 24.0. The second-order valence-electron chi connectivity index (χ2n) is 7.61. The third kappa shape index (κ3) is 5.55. The number of benzene rings is 1. The van der Waals surface area contributed by atoms with Crippen LogP contribution in [0.25, 0.3) is 11.1 Å². The van der Waals surface area contributed by atoms with Crippen LogP contribution in [0.4, 0.5) is 24.8 Å². The van der Waals surface area contributed by atoms with Crippen molar-refractivity contribution in [3.63, 3.8) is 0 Å². The molecule has 34 heavy (non-hydrogen) atoms. The van der Waals surface area contributed by atoms with E-state index < -0.39 is 11.9 Å². The number of nitrogens with one attached hydrogen (secondary N) is 2. The number of hydrogen-bond donors (Lipinski definition) is 2. The van der Waals surface area contributed by atoms with Gasteiger partial charge < -0.3 is 10.6 Å². The van der Waals surface area contributed by atoms with Crippen molar-refractivity contribution in [1.82, 2.24) is 30.0 Å². The van der Waals surface area contributed by atoms with Crippen molar-refractivity contribution in [2.75, 3.05) is 5.32 Å². The fourth-order valence-corrected chi connectivity index (χ4v) is 3.26. The first-order valence-corrected chi connectivity index (χ1v) is 10.2. The lowest BCUT2D eigenvalue weighted by molar-refractivity contribution is -0.141. The molecule has 3 aromatic heterocycles. The van der Waals surface area contributed by atoms with E-state index in [0.29, 0.717) is 12.2 Å². The van der Waals surface area contributed by atoms with Crippen LogP contribution in [0.1, 0.15) is 27.3 Å². The van der Waals surface area contributed by atoms with Crippen LogP contribution in [-0.4, -0.2) is 30.6 Å². The fourth-order valence-electron chi connectivity index (χ4n) is 3.26. The molecule has 0 bridgehead atoms. The van der Waals surface area contributed by atoms with E-state index in [1.54, 1.807) is 48.4 Å². The van der Waals surface area contributed by atoms with Gasteiger partial charge in [0, 0.05) is 49.0 Å². The number of amides is 1. The van der Waals surface area contributed by atoms with Crippen LogP contribution < -0.4 is 10.6 Å². The van der Waals surface area contributed by atoms with E-state index in [9.17, 15) is 18.0 Å². The molecule has 0 aliphatic heterocycles. The molecule has 1 amide bonds. The highest BCUT2D eigenvalue weighted by molar-refractivity contribution is 5.92. The lowest BCUT2D eigenvalue weighted by Gasteiger charge is -2.11. The number of hydrogen-bond acceptors (Lipinski definition) is 6. The van der Waals surface area contributed by atoms with Gasteiger partial charge in [-0.25, -0.2) is 9.97 Å². The molecule has 0 saturated heterocycles. The Balaban J connectivity index is 1.48. The average molecular weight is 467 g/mol. The Morgan fingerprint density at radius 1 is 1.06 bits per heavy atom. The summed E-state index contributed by atoms with van der Waals surface area (Å²) in [5, 5.41) is 9.66. The maximum absolute atomic E-state index is 12.9. The summed E-state index contributed by atoms with van der Waals surface area (Å²) in [5.41, 5.74) is 3.00. The summed E-state index contributed by atoms with van der Waals surface area (Å²) in [5.74, 6) is -0.478. The smallest absolute Gasteiger partial charge is 0.347 e. The molecular weight excluding hydrogens is 447 g/mol. The van der Waals surface area contributed by atoms with Crippen LogP contribution in [-0.2, 0) is 19.8 Å². The van der Waals surface area contributed by atoms with E-state index >= 15 is 0 Å². The summed E-state index contributed by atoms with van der Waals surface area (Å²) < 4.78 is 40.4. The van der Waals surface area contributed by atoms with Gasteiger partial charge in [-0.05, 0) is 42.3 Å². The molecule has 174 valence electrons. The second kappa shape index (κ2) is 9.30. The minimum atomic E-state index is -4.56. The normalized spacial score (nSPS) is 11.3. The van der Waals surface area contributed by atoms with Crippen LogP contribution in [0.3, 0.4) is 0 Å². The van der Waals surface area contributed by atoms with Gasteiger partial charge >= 0.3 is 6.18 Å². The second-order valence-corrected chi connectivity index (χ2v) is 7.61. The highest BCUT2D eigenvalue weighted by Crippen LogP contribution is 2.29. The predicted molar refractivity (Wildman–Crippen MR) is 119 cm³/mol. The molecule has 4 aromatic rings. The molecule has 4 rings (SSSR count). The Hall–Kier alpha value is -4.28. The summed E-state index contributed by atoms with van der Waals surface area (Å²) >= 11 is 0. The third-order valence-electron chi connectivity index (χ3n) is 4.82. The van der Waals surface area contributed by atoms with Gasteiger partial charge in [0.2, 0.25) is 5.95 Å². The molecule has 0 aliphatic carbocycles. The zero-order valence-electron chi connectivity index (χ0n) is 18.3. The van der Waals surface area contributed by atoms with Crippen molar-refractivity contribution in [3.05, 3.63) is 83.7 Å². The maximum atomic E-state index is 12.9. The molecule has 0 aliphatic rings.